The van der Waals surface area contributed by atoms with Crippen molar-refractivity contribution >= 4 is 11.6 Å². The Bertz CT molecular complexity index is 628. The Hall–Kier alpha value is -1.52. The highest BCUT2D eigenvalue weighted by atomic mass is 35.5. The number of nitrogens with two attached hydrogens (primary N) is 1. The summed E-state index contributed by atoms with van der Waals surface area (Å²) in [5.74, 6) is 0. The van der Waals surface area contributed by atoms with E-state index in [0.717, 1.165) is 22.5 Å². The van der Waals surface area contributed by atoms with Crippen molar-refractivity contribution < 1.29 is 0 Å². The number of H-pyrrole nitrogens is 1. The molecule has 0 spiro atoms. The number of aryl methyl sites for hydroxylation is 2. The van der Waals surface area contributed by atoms with Gasteiger partial charge in [-0.05, 0) is 50.6 Å². The summed E-state index contributed by atoms with van der Waals surface area (Å²) in [6.07, 6.45) is 0.584. The van der Waals surface area contributed by atoms with E-state index in [1.54, 1.807) is 10.7 Å². The molecule has 18 heavy (non-hydrogen) atoms. The zero-order valence-electron chi connectivity index (χ0n) is 10.5. The molecule has 1 aromatic heterocycles. The molecule has 0 saturated heterocycles. The summed E-state index contributed by atoms with van der Waals surface area (Å²) < 4.78 is 1.55. The molecule has 2 rings (SSSR count). The second-order valence-corrected chi connectivity index (χ2v) is 4.76. The number of aromatic amines is 1. The zero-order valence-corrected chi connectivity index (χ0v) is 11.2. The molecule has 2 aromatic rings. The van der Waals surface area contributed by atoms with Crippen molar-refractivity contribution in [3.8, 4) is 5.69 Å². The lowest BCUT2D eigenvalue weighted by molar-refractivity contribution is 0.827. The van der Waals surface area contributed by atoms with E-state index in [-0.39, 0.29) is 5.56 Å². The third kappa shape index (κ3) is 2.21. The highest BCUT2D eigenvalue weighted by molar-refractivity contribution is 6.30. The van der Waals surface area contributed by atoms with Gasteiger partial charge in [-0.1, -0.05) is 11.6 Å². The Kier molecular flexibility index (Phi) is 3.59. The van der Waals surface area contributed by atoms with E-state index in [0.29, 0.717) is 18.0 Å². The molecule has 0 saturated carbocycles. The first-order chi connectivity index (χ1) is 8.54. The van der Waals surface area contributed by atoms with Crippen LogP contribution in [0.15, 0.2) is 23.0 Å². The third-order valence-corrected chi connectivity index (χ3v) is 3.22. The third-order valence-electron chi connectivity index (χ3n) is 2.99. The van der Waals surface area contributed by atoms with E-state index in [2.05, 4.69) is 5.10 Å². The smallest absolute Gasteiger partial charge is 0.274 e. The van der Waals surface area contributed by atoms with Crippen LogP contribution in [0.1, 0.15) is 16.8 Å². The van der Waals surface area contributed by atoms with Crippen LogP contribution < -0.4 is 11.3 Å². The Balaban J connectivity index is 2.58. The van der Waals surface area contributed by atoms with Crippen molar-refractivity contribution in [1.82, 2.24) is 9.78 Å². The van der Waals surface area contributed by atoms with Crippen molar-refractivity contribution in [3.05, 3.63) is 50.4 Å². The van der Waals surface area contributed by atoms with Crippen molar-refractivity contribution in [2.45, 2.75) is 20.3 Å². The fraction of sp³-hybridized carbons (Fsp3) is 0.308. The summed E-state index contributed by atoms with van der Waals surface area (Å²) in [5, 5.41) is 3.74. The number of halogens is 1. The predicted molar refractivity (Wildman–Crippen MR) is 73.6 cm³/mol. The molecular formula is C13H16ClN3O. The van der Waals surface area contributed by atoms with Gasteiger partial charge in [0, 0.05) is 16.3 Å². The number of nitrogens with one attached hydrogen (secondary N) is 1. The van der Waals surface area contributed by atoms with Crippen LogP contribution in [0, 0.1) is 13.8 Å². The SMILES string of the molecule is Cc1cc(Cl)ccc1-n1[nH]c(C)c(CCN)c1=O. The maximum atomic E-state index is 12.3. The van der Waals surface area contributed by atoms with Gasteiger partial charge in [0.15, 0.2) is 0 Å². The number of benzene rings is 1. The molecule has 0 radical (unpaired) electrons. The Morgan fingerprint density at radius 3 is 2.72 bits per heavy atom. The summed E-state index contributed by atoms with van der Waals surface area (Å²) in [4.78, 5) is 12.3. The average Bonchev–Trinajstić information content (AvgIpc) is 2.58. The molecule has 0 aliphatic rings. The van der Waals surface area contributed by atoms with Crippen molar-refractivity contribution in [1.29, 1.82) is 0 Å². The minimum atomic E-state index is -0.0385. The number of rotatable bonds is 3. The standard InChI is InChI=1S/C13H16ClN3O/c1-8-7-10(14)3-4-12(8)17-13(18)11(5-6-15)9(2)16-17/h3-4,7,16H,5-6,15H2,1-2H3. The second-order valence-electron chi connectivity index (χ2n) is 4.33. The number of aromatic nitrogens is 2. The molecule has 1 aromatic carbocycles. The van der Waals surface area contributed by atoms with Crippen LogP contribution in [0.2, 0.25) is 5.02 Å². The van der Waals surface area contributed by atoms with Crippen molar-refractivity contribution in [2.24, 2.45) is 5.73 Å². The summed E-state index contributed by atoms with van der Waals surface area (Å²) in [7, 11) is 0. The van der Waals surface area contributed by atoms with Gasteiger partial charge in [0.25, 0.3) is 5.56 Å². The van der Waals surface area contributed by atoms with E-state index in [4.69, 9.17) is 17.3 Å². The van der Waals surface area contributed by atoms with Crippen LogP contribution >= 0.6 is 11.6 Å². The molecule has 4 nitrogen and oxygen atoms in total. The summed E-state index contributed by atoms with van der Waals surface area (Å²) in [5.41, 5.74) is 8.85. The van der Waals surface area contributed by atoms with E-state index < -0.39 is 0 Å². The lowest BCUT2D eigenvalue weighted by atomic mass is 10.2. The maximum Gasteiger partial charge on any atom is 0.274 e. The fourth-order valence-corrected chi connectivity index (χ4v) is 2.29. The first-order valence-corrected chi connectivity index (χ1v) is 6.19. The zero-order chi connectivity index (χ0) is 13.3. The van der Waals surface area contributed by atoms with Gasteiger partial charge in [-0.25, -0.2) is 4.68 Å². The lowest BCUT2D eigenvalue weighted by Crippen LogP contribution is -2.20. The predicted octanol–water partition coefficient (Wildman–Crippen LogP) is 1.94. The second kappa shape index (κ2) is 5.00. The van der Waals surface area contributed by atoms with E-state index >= 15 is 0 Å². The van der Waals surface area contributed by atoms with E-state index in [1.807, 2.05) is 26.0 Å². The molecule has 5 heteroatoms. The molecule has 96 valence electrons. The van der Waals surface area contributed by atoms with Crippen LogP contribution in [0.3, 0.4) is 0 Å². The molecule has 1 heterocycles. The molecule has 0 amide bonds. The van der Waals surface area contributed by atoms with Crippen LogP contribution in [-0.4, -0.2) is 16.3 Å². The lowest BCUT2D eigenvalue weighted by Gasteiger charge is -2.06. The first-order valence-electron chi connectivity index (χ1n) is 5.81. The van der Waals surface area contributed by atoms with Gasteiger partial charge >= 0.3 is 0 Å². The molecule has 0 bridgehead atoms. The van der Waals surface area contributed by atoms with Gasteiger partial charge in [-0.15, -0.1) is 0 Å². The van der Waals surface area contributed by atoms with Gasteiger partial charge in [-0.3, -0.25) is 9.89 Å². The minimum Gasteiger partial charge on any atom is -0.330 e. The topological polar surface area (TPSA) is 63.8 Å². The monoisotopic (exact) mass is 265 g/mol. The molecule has 3 N–H and O–H groups in total. The summed E-state index contributed by atoms with van der Waals surface area (Å²) >= 11 is 5.92. The normalized spacial score (nSPS) is 10.9. The van der Waals surface area contributed by atoms with Gasteiger partial charge in [0.2, 0.25) is 0 Å². The quantitative estimate of drug-likeness (QED) is 0.891. The number of hydrogen-bond donors (Lipinski definition) is 2. The average molecular weight is 266 g/mol. The number of nitrogens with zero attached hydrogens (tertiary/aromatic N) is 1. The van der Waals surface area contributed by atoms with Gasteiger partial charge < -0.3 is 5.73 Å². The fourth-order valence-electron chi connectivity index (χ4n) is 2.06. The molecule has 0 aliphatic heterocycles. The Morgan fingerprint density at radius 1 is 1.39 bits per heavy atom. The van der Waals surface area contributed by atoms with E-state index in [9.17, 15) is 4.79 Å². The molecule has 0 unspecified atom stereocenters. The van der Waals surface area contributed by atoms with Gasteiger partial charge in [0.1, 0.15) is 0 Å². The number of hydrogen-bond acceptors (Lipinski definition) is 2. The summed E-state index contributed by atoms with van der Waals surface area (Å²) in [6, 6.07) is 5.44. The molecule has 0 aliphatic carbocycles. The highest BCUT2D eigenvalue weighted by Crippen LogP contribution is 2.18. The Labute approximate surface area is 110 Å². The summed E-state index contributed by atoms with van der Waals surface area (Å²) in [6.45, 7) is 4.27. The van der Waals surface area contributed by atoms with Crippen LogP contribution in [0.4, 0.5) is 0 Å². The first kappa shape index (κ1) is 12.9. The van der Waals surface area contributed by atoms with Crippen LogP contribution in [-0.2, 0) is 6.42 Å². The molecule has 0 atom stereocenters. The largest absolute Gasteiger partial charge is 0.330 e. The van der Waals surface area contributed by atoms with Crippen molar-refractivity contribution in [2.75, 3.05) is 6.54 Å². The highest BCUT2D eigenvalue weighted by Gasteiger charge is 2.12. The van der Waals surface area contributed by atoms with Gasteiger partial charge in [0.05, 0.1) is 5.69 Å². The van der Waals surface area contributed by atoms with Crippen LogP contribution in [0.25, 0.3) is 5.69 Å². The van der Waals surface area contributed by atoms with E-state index in [1.165, 1.54) is 0 Å². The van der Waals surface area contributed by atoms with Crippen LogP contribution in [0.5, 0.6) is 0 Å². The minimum absolute atomic E-state index is 0.0385. The van der Waals surface area contributed by atoms with Crippen molar-refractivity contribution in [3.63, 3.8) is 0 Å². The molecular weight excluding hydrogens is 250 g/mol. The molecule has 0 fully saturated rings. The van der Waals surface area contributed by atoms with Gasteiger partial charge in [-0.2, -0.15) is 0 Å². The maximum absolute atomic E-state index is 12.3. The Morgan fingerprint density at radius 2 is 2.11 bits per heavy atom.